The Kier molecular flexibility index (Phi) is 4.24. The van der Waals surface area contributed by atoms with Crippen molar-refractivity contribution in [2.75, 3.05) is 13.2 Å². The molecule has 0 spiro atoms. The minimum atomic E-state index is -0.643. The Hall–Kier alpha value is -3.06. The van der Waals surface area contributed by atoms with Crippen LogP contribution < -0.4 is 0 Å². The van der Waals surface area contributed by atoms with Gasteiger partial charge in [-0.3, -0.25) is 4.79 Å². The number of hydrogen-bond acceptors (Lipinski definition) is 6. The zero-order valence-electron chi connectivity index (χ0n) is 15.1. The van der Waals surface area contributed by atoms with Crippen LogP contribution in [0.3, 0.4) is 0 Å². The third-order valence-corrected chi connectivity index (χ3v) is 4.70. The molecule has 0 bridgehead atoms. The Morgan fingerprint density at radius 1 is 1.33 bits per heavy atom. The molecule has 7 nitrogen and oxygen atoms in total. The number of carbonyl (C=O) groups excluding carboxylic acids is 2. The highest BCUT2D eigenvalue weighted by Gasteiger charge is 2.46. The lowest BCUT2D eigenvalue weighted by Gasteiger charge is -2.08. The van der Waals surface area contributed by atoms with E-state index in [0.29, 0.717) is 28.9 Å². The van der Waals surface area contributed by atoms with Crippen molar-refractivity contribution < 1.29 is 19.1 Å². The number of fused-ring (bicyclic) bond motifs is 1. The highest BCUT2D eigenvalue weighted by molar-refractivity contribution is 6.08. The molecule has 27 heavy (non-hydrogen) atoms. The van der Waals surface area contributed by atoms with Crippen LogP contribution in [0.2, 0.25) is 0 Å². The number of ketones is 1. The van der Waals surface area contributed by atoms with Gasteiger partial charge in [0.15, 0.2) is 5.78 Å². The monoisotopic (exact) mass is 365 g/mol. The Morgan fingerprint density at radius 2 is 2.15 bits per heavy atom. The van der Waals surface area contributed by atoms with E-state index in [2.05, 4.69) is 15.0 Å². The fourth-order valence-corrected chi connectivity index (χ4v) is 3.02. The molecule has 0 radical (unpaired) electrons. The average molecular weight is 365 g/mol. The minimum Gasteiger partial charge on any atom is -0.462 e. The first-order chi connectivity index (χ1) is 13.0. The Balaban J connectivity index is 1.74. The topological polar surface area (TPSA) is 97.5 Å². The molecule has 3 heterocycles. The predicted octanol–water partition coefficient (Wildman–Crippen LogP) is 2.70. The van der Waals surface area contributed by atoms with Crippen LogP contribution in [0, 0.1) is 0 Å². The number of H-pyrrole nitrogens is 1. The summed E-state index contributed by atoms with van der Waals surface area (Å²) in [6, 6.07) is 7.58. The number of ether oxygens (including phenoxy) is 2. The Morgan fingerprint density at radius 3 is 2.89 bits per heavy atom. The molecule has 3 aromatic rings. The summed E-state index contributed by atoms with van der Waals surface area (Å²) in [6.45, 7) is 4.32. The highest BCUT2D eigenvalue weighted by Crippen LogP contribution is 2.31. The van der Waals surface area contributed by atoms with Gasteiger partial charge in [-0.05, 0) is 25.5 Å². The summed E-state index contributed by atoms with van der Waals surface area (Å²) in [5, 5.41) is 0.608. The largest absolute Gasteiger partial charge is 0.462 e. The lowest BCUT2D eigenvalue weighted by Crippen LogP contribution is -2.22. The summed E-state index contributed by atoms with van der Waals surface area (Å²) in [4.78, 5) is 36.2. The predicted molar refractivity (Wildman–Crippen MR) is 98.3 cm³/mol. The molecule has 2 aromatic heterocycles. The van der Waals surface area contributed by atoms with Gasteiger partial charge in [-0.1, -0.05) is 18.2 Å². The first kappa shape index (κ1) is 17.4. The summed E-state index contributed by atoms with van der Waals surface area (Å²) in [7, 11) is 0. The van der Waals surface area contributed by atoms with Crippen LogP contribution in [0.15, 0.2) is 36.8 Å². The maximum atomic E-state index is 12.3. The summed E-state index contributed by atoms with van der Waals surface area (Å²) in [5.41, 5.74) is 2.60. The van der Waals surface area contributed by atoms with Gasteiger partial charge in [0.05, 0.1) is 29.9 Å². The van der Waals surface area contributed by atoms with E-state index >= 15 is 0 Å². The second-order valence-electron chi connectivity index (χ2n) is 6.69. The van der Waals surface area contributed by atoms with Crippen LogP contribution >= 0.6 is 0 Å². The van der Waals surface area contributed by atoms with Crippen LogP contribution in [-0.4, -0.2) is 45.5 Å². The van der Waals surface area contributed by atoms with Gasteiger partial charge < -0.3 is 14.5 Å². The number of aromatic amines is 1. The maximum Gasteiger partial charge on any atom is 0.340 e. The van der Waals surface area contributed by atoms with Crippen LogP contribution in [-0.2, 0) is 20.7 Å². The van der Waals surface area contributed by atoms with Gasteiger partial charge in [-0.25, -0.2) is 14.8 Å². The second kappa shape index (κ2) is 6.59. The first-order valence-corrected chi connectivity index (χ1v) is 8.77. The molecule has 1 saturated heterocycles. The van der Waals surface area contributed by atoms with E-state index in [1.165, 1.54) is 6.33 Å². The van der Waals surface area contributed by atoms with E-state index in [9.17, 15) is 9.59 Å². The Bertz CT molecular complexity index is 1040. The number of Topliss-reactive ketones (excluding diaryl/α,β-unsaturated/α-hetero) is 1. The number of benzene rings is 1. The Labute approximate surface area is 155 Å². The van der Waals surface area contributed by atoms with Crippen LogP contribution in [0.1, 0.15) is 29.8 Å². The molecule has 1 N–H and O–H groups in total. The van der Waals surface area contributed by atoms with Crippen molar-refractivity contribution in [3.05, 3.63) is 47.9 Å². The van der Waals surface area contributed by atoms with Gasteiger partial charge in [0.25, 0.3) is 0 Å². The van der Waals surface area contributed by atoms with Gasteiger partial charge in [0, 0.05) is 18.2 Å². The lowest BCUT2D eigenvalue weighted by atomic mass is 9.97. The molecule has 1 fully saturated rings. The second-order valence-corrected chi connectivity index (χ2v) is 6.69. The van der Waals surface area contributed by atoms with Gasteiger partial charge >= 0.3 is 5.97 Å². The molecule has 1 unspecified atom stereocenters. The molecule has 0 aliphatic carbocycles. The number of rotatable bonds is 6. The fourth-order valence-electron chi connectivity index (χ4n) is 3.02. The van der Waals surface area contributed by atoms with E-state index in [1.807, 2.05) is 24.3 Å². The van der Waals surface area contributed by atoms with Gasteiger partial charge in [0.1, 0.15) is 17.6 Å². The molecule has 0 saturated carbocycles. The molecular weight excluding hydrogens is 346 g/mol. The number of hydrogen-bond donors (Lipinski definition) is 1. The van der Waals surface area contributed by atoms with Crippen molar-refractivity contribution in [3.63, 3.8) is 0 Å². The van der Waals surface area contributed by atoms with Gasteiger partial charge in [-0.15, -0.1) is 0 Å². The van der Waals surface area contributed by atoms with Crippen molar-refractivity contribution in [2.24, 2.45) is 0 Å². The van der Waals surface area contributed by atoms with Crippen LogP contribution in [0.4, 0.5) is 0 Å². The van der Waals surface area contributed by atoms with E-state index in [4.69, 9.17) is 9.47 Å². The molecule has 4 rings (SSSR count). The maximum absolute atomic E-state index is 12.3. The molecule has 1 aliphatic rings. The van der Waals surface area contributed by atoms with Gasteiger partial charge in [-0.2, -0.15) is 0 Å². The molecule has 138 valence electrons. The van der Waals surface area contributed by atoms with Crippen LogP contribution in [0.5, 0.6) is 0 Å². The molecule has 1 aliphatic heterocycles. The van der Waals surface area contributed by atoms with E-state index < -0.39 is 11.6 Å². The number of nitrogens with zero attached hydrogens (tertiary/aromatic N) is 2. The van der Waals surface area contributed by atoms with Crippen LogP contribution in [0.25, 0.3) is 22.3 Å². The SMILES string of the molecule is CCOC(=O)c1c[nH]c2ncnc(-c3cccc(CC(=O)C4(C)CO4)c3)c12. The number of epoxide rings is 1. The molecule has 0 amide bonds. The number of esters is 1. The highest BCUT2D eigenvalue weighted by atomic mass is 16.6. The average Bonchev–Trinajstić information content (AvgIpc) is 3.27. The zero-order valence-corrected chi connectivity index (χ0v) is 15.1. The molecular formula is C20H19N3O4. The summed E-state index contributed by atoms with van der Waals surface area (Å²) in [6.07, 6.45) is 3.32. The summed E-state index contributed by atoms with van der Waals surface area (Å²) >= 11 is 0. The molecule has 1 atom stereocenters. The quantitative estimate of drug-likeness (QED) is 0.533. The molecule has 7 heteroatoms. The molecule has 1 aromatic carbocycles. The number of carbonyl (C=O) groups is 2. The summed E-state index contributed by atoms with van der Waals surface area (Å²) in [5.74, 6) is -0.369. The van der Waals surface area contributed by atoms with Crippen molar-refractivity contribution in [1.82, 2.24) is 15.0 Å². The van der Waals surface area contributed by atoms with Crippen molar-refractivity contribution in [2.45, 2.75) is 25.9 Å². The van der Waals surface area contributed by atoms with E-state index in [1.54, 1.807) is 20.0 Å². The van der Waals surface area contributed by atoms with Crippen molar-refractivity contribution in [3.8, 4) is 11.3 Å². The number of aromatic nitrogens is 3. The zero-order chi connectivity index (χ0) is 19.0. The first-order valence-electron chi connectivity index (χ1n) is 8.77. The number of nitrogens with one attached hydrogen (secondary N) is 1. The van der Waals surface area contributed by atoms with Crippen molar-refractivity contribution >= 4 is 22.8 Å². The standard InChI is InChI=1S/C20H19N3O4/c1-3-26-19(25)14-9-21-18-16(14)17(22-11-23-18)13-6-4-5-12(7-13)8-15(24)20(2)10-27-20/h4-7,9,11H,3,8,10H2,1-2H3,(H,21,22,23). The van der Waals surface area contributed by atoms with Crippen molar-refractivity contribution in [1.29, 1.82) is 0 Å². The van der Waals surface area contributed by atoms with E-state index in [-0.39, 0.29) is 18.8 Å². The van der Waals surface area contributed by atoms with Gasteiger partial charge in [0.2, 0.25) is 0 Å². The smallest absolute Gasteiger partial charge is 0.340 e. The summed E-state index contributed by atoms with van der Waals surface area (Å²) < 4.78 is 10.4. The van der Waals surface area contributed by atoms with E-state index in [0.717, 1.165) is 11.1 Å². The lowest BCUT2D eigenvalue weighted by molar-refractivity contribution is -0.122. The normalized spacial score (nSPS) is 18.4. The fraction of sp³-hybridized carbons (Fsp3) is 0.300. The minimum absolute atomic E-state index is 0.0568. The third-order valence-electron chi connectivity index (χ3n) is 4.70. The third kappa shape index (κ3) is 3.21.